The van der Waals surface area contributed by atoms with Gasteiger partial charge in [0.05, 0.1) is 19.9 Å². The molecule has 3 rings (SSSR count). The minimum absolute atomic E-state index is 0.0217. The molecule has 9 nitrogen and oxygen atoms in total. The predicted molar refractivity (Wildman–Crippen MR) is 121 cm³/mol. The minimum atomic E-state index is -0.774. The van der Waals surface area contributed by atoms with Crippen molar-refractivity contribution in [1.29, 1.82) is 0 Å². The number of ether oxygens (including phenoxy) is 2. The molecule has 0 aliphatic heterocycles. The zero-order valence-corrected chi connectivity index (χ0v) is 18.7. The summed E-state index contributed by atoms with van der Waals surface area (Å²) in [6.45, 7) is 0. The summed E-state index contributed by atoms with van der Waals surface area (Å²) >= 11 is 6.24. The molecule has 33 heavy (non-hydrogen) atoms. The highest BCUT2D eigenvalue weighted by atomic mass is 35.5. The first-order valence-corrected chi connectivity index (χ1v) is 10.2. The van der Waals surface area contributed by atoms with Crippen LogP contribution < -0.4 is 25.4 Å². The number of phenolic OH excluding ortho intramolecular Hbond substituents is 1. The Morgan fingerprint density at radius 3 is 2.15 bits per heavy atom. The minimum Gasteiger partial charge on any atom is -0.502 e. The fourth-order valence-corrected chi connectivity index (χ4v) is 3.26. The van der Waals surface area contributed by atoms with E-state index < -0.39 is 11.9 Å². The summed E-state index contributed by atoms with van der Waals surface area (Å²) in [5, 5.41) is 17.9. The van der Waals surface area contributed by atoms with Gasteiger partial charge in [-0.3, -0.25) is 14.9 Å². The van der Waals surface area contributed by atoms with Crippen LogP contribution in [0.3, 0.4) is 0 Å². The third-order valence-corrected chi connectivity index (χ3v) is 5.14. The predicted octanol–water partition coefficient (Wildman–Crippen LogP) is 3.41. The molecule has 1 aliphatic carbocycles. The molecule has 2 aromatic rings. The van der Waals surface area contributed by atoms with Gasteiger partial charge < -0.3 is 25.2 Å². The lowest BCUT2D eigenvalue weighted by molar-refractivity contribution is 0.0956. The topological polar surface area (TPSA) is 126 Å². The van der Waals surface area contributed by atoms with Gasteiger partial charge in [-0.2, -0.15) is 0 Å². The van der Waals surface area contributed by atoms with Crippen LogP contribution in [0.15, 0.2) is 65.0 Å². The molecule has 0 saturated heterocycles. The molecule has 0 fully saturated rings. The number of urea groups is 1. The molecule has 0 atom stereocenters. The molecule has 2 aromatic carbocycles. The van der Waals surface area contributed by atoms with Gasteiger partial charge in [-0.15, -0.1) is 0 Å². The van der Waals surface area contributed by atoms with Crippen molar-refractivity contribution in [3.63, 3.8) is 0 Å². The van der Waals surface area contributed by atoms with Crippen molar-refractivity contribution in [2.24, 2.45) is 0 Å². The molecule has 0 radical (unpaired) electrons. The summed E-state index contributed by atoms with van der Waals surface area (Å²) in [7, 11) is 2.65. The summed E-state index contributed by atoms with van der Waals surface area (Å²) in [5.74, 6) is -1.29. The summed E-state index contributed by atoms with van der Waals surface area (Å²) in [5.41, 5.74) is 1.35. The molecule has 1 aliphatic rings. The van der Waals surface area contributed by atoms with E-state index in [1.165, 1.54) is 26.4 Å². The van der Waals surface area contributed by atoms with E-state index in [9.17, 15) is 19.5 Å². The third-order valence-electron chi connectivity index (χ3n) is 4.75. The van der Waals surface area contributed by atoms with Crippen molar-refractivity contribution >= 4 is 29.4 Å². The first-order chi connectivity index (χ1) is 15.8. The second-order valence-electron chi connectivity index (χ2n) is 6.95. The van der Waals surface area contributed by atoms with Crippen LogP contribution in [0.1, 0.15) is 33.6 Å². The molecule has 172 valence electrons. The molecule has 0 bridgehead atoms. The van der Waals surface area contributed by atoms with Crippen LogP contribution in [-0.4, -0.2) is 37.2 Å². The highest BCUT2D eigenvalue weighted by Gasteiger charge is 2.20. The van der Waals surface area contributed by atoms with Gasteiger partial charge in [-0.05, 0) is 43.2 Å². The maximum atomic E-state index is 12.5. The van der Waals surface area contributed by atoms with E-state index in [4.69, 9.17) is 21.1 Å². The quantitative estimate of drug-likeness (QED) is 0.511. The third kappa shape index (κ3) is 5.83. The Morgan fingerprint density at radius 1 is 0.909 bits per heavy atom. The van der Waals surface area contributed by atoms with Gasteiger partial charge in [-0.25, -0.2) is 4.79 Å². The van der Waals surface area contributed by atoms with E-state index in [-0.39, 0.29) is 28.7 Å². The fraction of sp³-hybridized carbons (Fsp3) is 0.174. The van der Waals surface area contributed by atoms with Gasteiger partial charge in [0.25, 0.3) is 11.8 Å². The maximum Gasteiger partial charge on any atom is 0.325 e. The lowest BCUT2D eigenvalue weighted by Gasteiger charge is -2.18. The SMILES string of the molecule is COc1cc(C(=O)NC(=O)NC2=CC(NC(=O)c3ccccc3)=C(Cl)CC2)cc(OC)c1O. The summed E-state index contributed by atoms with van der Waals surface area (Å²) < 4.78 is 10.0. The number of carbonyl (C=O) groups excluding carboxylic acids is 3. The van der Waals surface area contributed by atoms with Crippen LogP contribution in [0.25, 0.3) is 0 Å². The number of rotatable bonds is 6. The van der Waals surface area contributed by atoms with Gasteiger partial charge >= 0.3 is 6.03 Å². The number of phenols is 1. The lowest BCUT2D eigenvalue weighted by Crippen LogP contribution is -2.39. The van der Waals surface area contributed by atoms with Crippen LogP contribution in [0, 0.1) is 0 Å². The standard InChI is InChI=1S/C23H22ClN3O6/c1-32-18-10-14(11-19(33-2)20(18)28)22(30)27-23(31)25-15-8-9-16(24)17(12-15)26-21(29)13-6-4-3-5-7-13/h3-7,10-12,28H,8-9H2,1-2H3,(H,26,29)(H2,25,27,30,31). The molecular weight excluding hydrogens is 450 g/mol. The first-order valence-electron chi connectivity index (χ1n) is 9.85. The largest absolute Gasteiger partial charge is 0.502 e. The van der Waals surface area contributed by atoms with Gasteiger partial charge in [-0.1, -0.05) is 29.8 Å². The Morgan fingerprint density at radius 2 is 1.55 bits per heavy atom. The second-order valence-corrected chi connectivity index (χ2v) is 7.40. The van der Waals surface area contributed by atoms with Crippen LogP contribution in [0.2, 0.25) is 0 Å². The van der Waals surface area contributed by atoms with Crippen molar-refractivity contribution < 1.29 is 29.0 Å². The average Bonchev–Trinajstić information content (AvgIpc) is 2.81. The average molecular weight is 472 g/mol. The van der Waals surface area contributed by atoms with Crippen LogP contribution >= 0.6 is 11.6 Å². The first kappa shape index (κ1) is 23.7. The molecule has 0 saturated carbocycles. The molecular formula is C23H22ClN3O6. The van der Waals surface area contributed by atoms with E-state index in [1.54, 1.807) is 36.4 Å². The molecule has 0 heterocycles. The van der Waals surface area contributed by atoms with Crippen LogP contribution in [0.5, 0.6) is 17.2 Å². The summed E-state index contributed by atoms with van der Waals surface area (Å²) in [6.07, 6.45) is 2.35. The van der Waals surface area contributed by atoms with E-state index in [2.05, 4.69) is 16.0 Å². The monoisotopic (exact) mass is 471 g/mol. The van der Waals surface area contributed by atoms with Crippen molar-refractivity contribution in [1.82, 2.24) is 16.0 Å². The summed E-state index contributed by atoms with van der Waals surface area (Å²) in [4.78, 5) is 37.3. The molecule has 10 heteroatoms. The Hall–Kier alpha value is -3.98. The van der Waals surface area contributed by atoms with Crippen molar-refractivity contribution in [3.05, 3.63) is 76.1 Å². The smallest absolute Gasteiger partial charge is 0.325 e. The number of carbonyl (C=O) groups is 3. The molecule has 0 spiro atoms. The van der Waals surface area contributed by atoms with E-state index in [0.29, 0.717) is 34.8 Å². The number of aromatic hydroxyl groups is 1. The highest BCUT2D eigenvalue weighted by molar-refractivity contribution is 6.30. The Balaban J connectivity index is 1.67. The van der Waals surface area contributed by atoms with Gasteiger partial charge in [0.1, 0.15) is 0 Å². The van der Waals surface area contributed by atoms with Crippen molar-refractivity contribution in [3.8, 4) is 17.2 Å². The van der Waals surface area contributed by atoms with Gasteiger partial charge in [0, 0.05) is 21.9 Å². The van der Waals surface area contributed by atoms with E-state index >= 15 is 0 Å². The number of halogens is 1. The highest BCUT2D eigenvalue weighted by Crippen LogP contribution is 2.37. The number of amides is 4. The Labute approximate surface area is 195 Å². The zero-order valence-electron chi connectivity index (χ0n) is 17.9. The zero-order chi connectivity index (χ0) is 24.0. The van der Waals surface area contributed by atoms with Gasteiger partial charge in [0.15, 0.2) is 11.5 Å². The van der Waals surface area contributed by atoms with Crippen molar-refractivity contribution in [2.75, 3.05) is 14.2 Å². The molecule has 4 N–H and O–H groups in total. The Kier molecular flexibility index (Phi) is 7.57. The molecule has 4 amide bonds. The number of hydrogen-bond acceptors (Lipinski definition) is 6. The maximum absolute atomic E-state index is 12.5. The number of hydrogen-bond donors (Lipinski definition) is 4. The van der Waals surface area contributed by atoms with E-state index in [0.717, 1.165) is 0 Å². The number of imide groups is 1. The molecule has 0 aromatic heterocycles. The lowest BCUT2D eigenvalue weighted by atomic mass is 10.1. The normalized spacial score (nSPS) is 13.0. The Bertz CT molecular complexity index is 1120. The van der Waals surface area contributed by atoms with Gasteiger partial charge in [0.2, 0.25) is 5.75 Å². The molecule has 0 unspecified atom stereocenters. The fourth-order valence-electron chi connectivity index (χ4n) is 3.07. The number of methoxy groups -OCH3 is 2. The second kappa shape index (κ2) is 10.6. The van der Waals surface area contributed by atoms with Crippen molar-refractivity contribution in [2.45, 2.75) is 12.8 Å². The number of nitrogens with one attached hydrogen (secondary N) is 3. The number of benzene rings is 2. The van der Waals surface area contributed by atoms with Crippen LogP contribution in [-0.2, 0) is 0 Å². The van der Waals surface area contributed by atoms with Crippen LogP contribution in [0.4, 0.5) is 4.79 Å². The number of allylic oxidation sites excluding steroid dienone is 3. The van der Waals surface area contributed by atoms with E-state index in [1.807, 2.05) is 0 Å². The summed E-state index contributed by atoms with van der Waals surface area (Å²) in [6, 6.07) is 10.4.